The van der Waals surface area contributed by atoms with Crippen LogP contribution in [0, 0.1) is 6.92 Å². The molecule has 0 radical (unpaired) electrons. The number of hydrogen-bond donors (Lipinski definition) is 1. The molecule has 0 amide bonds. The Kier molecular flexibility index (Phi) is 4.96. The Balaban J connectivity index is 2.37. The van der Waals surface area contributed by atoms with Crippen molar-refractivity contribution in [3.05, 3.63) is 21.9 Å². The number of likely N-dealkylation sites (N-methyl/N-ethyl adjacent to an activating group) is 1. The second-order valence-electron chi connectivity index (χ2n) is 4.20. The predicted molar refractivity (Wildman–Crippen MR) is 67.1 cm³/mol. The minimum atomic E-state index is -0.730. The lowest BCUT2D eigenvalue weighted by Crippen LogP contribution is -2.32. The van der Waals surface area contributed by atoms with Gasteiger partial charge in [-0.05, 0) is 44.3 Å². The standard InChI is InChI=1S/C12H19NO2S/c1-9-5-7-16-11(9)4-6-13(3)10(2)8-12(14)15/h5,7,10H,4,6,8H2,1-3H3,(H,14,15). The van der Waals surface area contributed by atoms with Gasteiger partial charge in [-0.15, -0.1) is 11.3 Å². The fourth-order valence-corrected chi connectivity index (χ4v) is 2.47. The first kappa shape index (κ1) is 13.2. The van der Waals surface area contributed by atoms with Gasteiger partial charge in [0.05, 0.1) is 6.42 Å². The zero-order valence-electron chi connectivity index (χ0n) is 10.1. The second kappa shape index (κ2) is 6.01. The largest absolute Gasteiger partial charge is 0.481 e. The zero-order valence-corrected chi connectivity index (χ0v) is 10.9. The molecule has 0 aromatic carbocycles. The number of aliphatic carboxylic acids is 1. The highest BCUT2D eigenvalue weighted by molar-refractivity contribution is 7.10. The van der Waals surface area contributed by atoms with E-state index in [1.54, 1.807) is 11.3 Å². The first-order chi connectivity index (χ1) is 7.50. The van der Waals surface area contributed by atoms with E-state index < -0.39 is 5.97 Å². The summed E-state index contributed by atoms with van der Waals surface area (Å²) in [5, 5.41) is 10.8. The number of thiophene rings is 1. The van der Waals surface area contributed by atoms with Crippen LogP contribution in [0.5, 0.6) is 0 Å². The van der Waals surface area contributed by atoms with Crippen LogP contribution in [0.3, 0.4) is 0 Å². The summed E-state index contributed by atoms with van der Waals surface area (Å²) in [5.41, 5.74) is 1.34. The maximum absolute atomic E-state index is 10.6. The Morgan fingerprint density at radius 1 is 1.62 bits per heavy atom. The number of carbonyl (C=O) groups is 1. The van der Waals surface area contributed by atoms with Crippen LogP contribution in [0.25, 0.3) is 0 Å². The van der Waals surface area contributed by atoms with E-state index >= 15 is 0 Å². The fraction of sp³-hybridized carbons (Fsp3) is 0.583. The van der Waals surface area contributed by atoms with Crippen LogP contribution >= 0.6 is 11.3 Å². The van der Waals surface area contributed by atoms with Gasteiger partial charge in [-0.3, -0.25) is 4.79 Å². The quantitative estimate of drug-likeness (QED) is 0.831. The highest BCUT2D eigenvalue weighted by Crippen LogP contribution is 2.16. The minimum Gasteiger partial charge on any atom is -0.481 e. The van der Waals surface area contributed by atoms with Crippen LogP contribution in [-0.4, -0.2) is 35.6 Å². The third-order valence-electron chi connectivity index (χ3n) is 2.88. The van der Waals surface area contributed by atoms with Crippen LogP contribution in [-0.2, 0) is 11.2 Å². The molecular formula is C12H19NO2S. The van der Waals surface area contributed by atoms with Crippen molar-refractivity contribution in [2.75, 3.05) is 13.6 Å². The van der Waals surface area contributed by atoms with Gasteiger partial charge < -0.3 is 10.0 Å². The monoisotopic (exact) mass is 241 g/mol. The molecule has 0 saturated heterocycles. The number of hydrogen-bond acceptors (Lipinski definition) is 3. The van der Waals surface area contributed by atoms with Gasteiger partial charge in [0.2, 0.25) is 0 Å². The minimum absolute atomic E-state index is 0.0952. The first-order valence-electron chi connectivity index (χ1n) is 5.45. The van der Waals surface area contributed by atoms with Gasteiger partial charge in [-0.2, -0.15) is 0 Å². The second-order valence-corrected chi connectivity index (χ2v) is 5.20. The van der Waals surface area contributed by atoms with Crippen LogP contribution in [0.4, 0.5) is 0 Å². The number of aryl methyl sites for hydroxylation is 1. The highest BCUT2D eigenvalue weighted by Gasteiger charge is 2.13. The van der Waals surface area contributed by atoms with E-state index in [1.807, 2.05) is 14.0 Å². The summed E-state index contributed by atoms with van der Waals surface area (Å²) in [5.74, 6) is -0.730. The number of rotatable bonds is 6. The van der Waals surface area contributed by atoms with E-state index in [2.05, 4.69) is 23.3 Å². The van der Waals surface area contributed by atoms with E-state index in [-0.39, 0.29) is 12.5 Å². The Morgan fingerprint density at radius 2 is 2.31 bits per heavy atom. The van der Waals surface area contributed by atoms with Crippen LogP contribution in [0.1, 0.15) is 23.8 Å². The van der Waals surface area contributed by atoms with Crippen molar-refractivity contribution in [3.8, 4) is 0 Å². The molecule has 1 unspecified atom stereocenters. The van der Waals surface area contributed by atoms with Crippen molar-refractivity contribution >= 4 is 17.3 Å². The molecule has 1 atom stereocenters. The average Bonchev–Trinajstić information content (AvgIpc) is 2.59. The Morgan fingerprint density at radius 3 is 2.81 bits per heavy atom. The summed E-state index contributed by atoms with van der Waals surface area (Å²) < 4.78 is 0. The molecule has 0 aliphatic carbocycles. The highest BCUT2D eigenvalue weighted by atomic mass is 32.1. The number of carboxylic acids is 1. The summed E-state index contributed by atoms with van der Waals surface area (Å²) in [7, 11) is 1.98. The summed E-state index contributed by atoms with van der Waals surface area (Å²) in [6, 6.07) is 2.22. The van der Waals surface area contributed by atoms with Crippen molar-refractivity contribution in [2.45, 2.75) is 32.7 Å². The van der Waals surface area contributed by atoms with Crippen molar-refractivity contribution in [2.24, 2.45) is 0 Å². The lowest BCUT2D eigenvalue weighted by Gasteiger charge is -2.23. The van der Waals surface area contributed by atoms with Crippen molar-refractivity contribution in [3.63, 3.8) is 0 Å². The van der Waals surface area contributed by atoms with Crippen molar-refractivity contribution in [1.29, 1.82) is 0 Å². The third-order valence-corrected chi connectivity index (χ3v) is 3.97. The molecule has 0 saturated carbocycles. The molecule has 0 fully saturated rings. The number of nitrogens with zero attached hydrogens (tertiary/aromatic N) is 1. The molecule has 90 valence electrons. The van der Waals surface area contributed by atoms with Gasteiger partial charge >= 0.3 is 5.97 Å². The van der Waals surface area contributed by atoms with E-state index in [9.17, 15) is 4.79 Å². The molecule has 16 heavy (non-hydrogen) atoms. The Bertz CT molecular complexity index is 349. The summed E-state index contributed by atoms with van der Waals surface area (Å²) in [6.07, 6.45) is 1.21. The van der Waals surface area contributed by atoms with E-state index in [4.69, 9.17) is 5.11 Å². The van der Waals surface area contributed by atoms with Crippen LogP contribution in [0.2, 0.25) is 0 Å². The van der Waals surface area contributed by atoms with Gasteiger partial charge in [-0.25, -0.2) is 0 Å². The molecule has 1 N–H and O–H groups in total. The van der Waals surface area contributed by atoms with E-state index in [1.165, 1.54) is 10.4 Å². The molecule has 1 rings (SSSR count). The zero-order chi connectivity index (χ0) is 12.1. The molecule has 4 heteroatoms. The van der Waals surface area contributed by atoms with Gasteiger partial charge in [0.25, 0.3) is 0 Å². The molecule has 1 heterocycles. The Hall–Kier alpha value is -0.870. The SMILES string of the molecule is Cc1ccsc1CCN(C)C(C)CC(=O)O. The summed E-state index contributed by atoms with van der Waals surface area (Å²) in [6.45, 7) is 4.98. The molecule has 0 bridgehead atoms. The average molecular weight is 241 g/mol. The predicted octanol–water partition coefficient (Wildman–Crippen LogP) is 2.39. The molecular weight excluding hydrogens is 222 g/mol. The molecule has 1 aromatic rings. The van der Waals surface area contributed by atoms with Gasteiger partial charge in [-0.1, -0.05) is 0 Å². The van der Waals surface area contributed by atoms with E-state index in [0.29, 0.717) is 0 Å². The van der Waals surface area contributed by atoms with Gasteiger partial charge in [0.15, 0.2) is 0 Å². The molecule has 0 aliphatic heterocycles. The fourth-order valence-electron chi connectivity index (χ4n) is 1.57. The third kappa shape index (κ3) is 3.94. The molecule has 1 aromatic heterocycles. The number of carboxylic acid groups (broad SMARTS) is 1. The topological polar surface area (TPSA) is 40.5 Å². The van der Waals surface area contributed by atoms with E-state index in [0.717, 1.165) is 13.0 Å². The van der Waals surface area contributed by atoms with Crippen LogP contribution in [0.15, 0.2) is 11.4 Å². The Labute approximate surface area is 101 Å². The van der Waals surface area contributed by atoms with Crippen molar-refractivity contribution in [1.82, 2.24) is 4.90 Å². The van der Waals surface area contributed by atoms with Gasteiger partial charge in [0.1, 0.15) is 0 Å². The van der Waals surface area contributed by atoms with Gasteiger partial charge in [0, 0.05) is 17.5 Å². The summed E-state index contributed by atoms with van der Waals surface area (Å²) in [4.78, 5) is 14.1. The lowest BCUT2D eigenvalue weighted by atomic mass is 10.2. The van der Waals surface area contributed by atoms with Crippen molar-refractivity contribution < 1.29 is 9.90 Å². The molecule has 0 spiro atoms. The smallest absolute Gasteiger partial charge is 0.304 e. The normalized spacial score (nSPS) is 13.0. The van der Waals surface area contributed by atoms with Crippen LogP contribution < -0.4 is 0 Å². The first-order valence-corrected chi connectivity index (χ1v) is 6.33. The molecule has 3 nitrogen and oxygen atoms in total. The summed E-state index contributed by atoms with van der Waals surface area (Å²) >= 11 is 1.77. The maximum atomic E-state index is 10.6. The maximum Gasteiger partial charge on any atom is 0.304 e. The molecule has 0 aliphatic rings. The lowest BCUT2D eigenvalue weighted by molar-refractivity contribution is -0.138.